The fourth-order valence-electron chi connectivity index (χ4n) is 3.51. The molecule has 4 nitrogen and oxygen atoms in total. The van der Waals surface area contributed by atoms with Crippen LogP contribution in [0.15, 0.2) is 42.7 Å². The number of halogens is 1. The van der Waals surface area contributed by atoms with E-state index in [-0.39, 0.29) is 0 Å². The molecule has 3 heterocycles. The van der Waals surface area contributed by atoms with Gasteiger partial charge in [-0.3, -0.25) is 4.98 Å². The summed E-state index contributed by atoms with van der Waals surface area (Å²) in [6.07, 6.45) is 7.50. The molecule has 0 bridgehead atoms. The molecule has 0 aliphatic carbocycles. The van der Waals surface area contributed by atoms with E-state index in [1.807, 2.05) is 41.3 Å². The van der Waals surface area contributed by atoms with Crippen molar-refractivity contribution in [2.24, 2.45) is 5.92 Å². The Balaban J connectivity index is 1.76. The highest BCUT2D eigenvalue weighted by Gasteiger charge is 2.22. The van der Waals surface area contributed by atoms with Crippen LogP contribution in [0.3, 0.4) is 0 Å². The van der Waals surface area contributed by atoms with Crippen molar-refractivity contribution in [1.29, 1.82) is 0 Å². The molecule has 3 aromatic rings. The van der Waals surface area contributed by atoms with Gasteiger partial charge in [-0.15, -0.1) is 5.10 Å². The Labute approximate surface area is 147 Å². The third-order valence-corrected chi connectivity index (χ3v) is 5.28. The van der Waals surface area contributed by atoms with Crippen LogP contribution in [0.25, 0.3) is 16.6 Å². The van der Waals surface area contributed by atoms with E-state index in [1.54, 1.807) is 0 Å². The first-order valence-electron chi connectivity index (χ1n) is 8.60. The van der Waals surface area contributed by atoms with Crippen molar-refractivity contribution in [3.8, 4) is 5.69 Å². The third-order valence-electron chi connectivity index (χ3n) is 5.03. The van der Waals surface area contributed by atoms with Crippen LogP contribution in [0, 0.1) is 5.92 Å². The maximum atomic E-state index is 6.02. The van der Waals surface area contributed by atoms with Crippen molar-refractivity contribution < 1.29 is 0 Å². The summed E-state index contributed by atoms with van der Waals surface area (Å²) in [6, 6.07) is 9.85. The van der Waals surface area contributed by atoms with Crippen LogP contribution in [0.2, 0.25) is 5.02 Å². The van der Waals surface area contributed by atoms with E-state index in [4.69, 9.17) is 16.7 Å². The zero-order valence-corrected chi connectivity index (χ0v) is 14.6. The van der Waals surface area contributed by atoms with Crippen LogP contribution in [0.4, 0.5) is 5.82 Å². The van der Waals surface area contributed by atoms with E-state index in [2.05, 4.69) is 22.9 Å². The zero-order chi connectivity index (χ0) is 16.5. The molecule has 0 spiro atoms. The minimum absolute atomic E-state index is 0.732. The fraction of sp³-hybridized carbons (Fsp3) is 0.368. The van der Waals surface area contributed by atoms with Gasteiger partial charge >= 0.3 is 0 Å². The number of hydrogen-bond donors (Lipinski definition) is 0. The molecule has 1 saturated heterocycles. The molecule has 0 saturated carbocycles. The summed E-state index contributed by atoms with van der Waals surface area (Å²) >= 11 is 6.02. The lowest BCUT2D eigenvalue weighted by Crippen LogP contribution is -2.33. The largest absolute Gasteiger partial charge is 0.355 e. The predicted molar refractivity (Wildman–Crippen MR) is 99.1 cm³/mol. The highest BCUT2D eigenvalue weighted by atomic mass is 35.5. The predicted octanol–water partition coefficient (Wildman–Crippen LogP) is 4.70. The number of anilines is 1. The first-order valence-corrected chi connectivity index (χ1v) is 8.97. The fourth-order valence-corrected chi connectivity index (χ4v) is 3.64. The van der Waals surface area contributed by atoms with Gasteiger partial charge in [0.2, 0.25) is 0 Å². The summed E-state index contributed by atoms with van der Waals surface area (Å²) in [7, 11) is 0. The molecule has 124 valence electrons. The second-order valence-electron chi connectivity index (χ2n) is 6.44. The lowest BCUT2D eigenvalue weighted by Gasteiger charge is -2.31. The Morgan fingerprint density at radius 2 is 1.88 bits per heavy atom. The number of pyridine rings is 1. The summed E-state index contributed by atoms with van der Waals surface area (Å²) < 4.78 is 1.97. The lowest BCUT2D eigenvalue weighted by atomic mass is 9.94. The minimum atomic E-state index is 0.732. The van der Waals surface area contributed by atoms with E-state index < -0.39 is 0 Å². The normalized spacial score (nSPS) is 16.0. The third kappa shape index (κ3) is 2.75. The van der Waals surface area contributed by atoms with E-state index in [0.717, 1.165) is 46.4 Å². The van der Waals surface area contributed by atoms with Crippen LogP contribution in [-0.4, -0.2) is 27.9 Å². The van der Waals surface area contributed by atoms with Crippen LogP contribution in [0.5, 0.6) is 0 Å². The number of piperidine rings is 1. The Kier molecular flexibility index (Phi) is 4.15. The van der Waals surface area contributed by atoms with E-state index in [0.29, 0.717) is 0 Å². The average molecular weight is 341 g/mol. The number of nitrogens with zero attached hydrogens (tertiary/aromatic N) is 4. The molecular formula is C19H21ClN4. The molecule has 0 N–H and O–H groups in total. The Morgan fingerprint density at radius 1 is 1.12 bits per heavy atom. The van der Waals surface area contributed by atoms with Crippen molar-refractivity contribution in [3.05, 3.63) is 47.7 Å². The van der Waals surface area contributed by atoms with Gasteiger partial charge in [0, 0.05) is 29.7 Å². The average Bonchev–Trinajstić information content (AvgIpc) is 3.02. The summed E-state index contributed by atoms with van der Waals surface area (Å²) in [5, 5.41) is 6.82. The quantitative estimate of drug-likeness (QED) is 0.693. The monoisotopic (exact) mass is 340 g/mol. The van der Waals surface area contributed by atoms with Gasteiger partial charge in [0.1, 0.15) is 0 Å². The van der Waals surface area contributed by atoms with Gasteiger partial charge in [0.15, 0.2) is 5.82 Å². The molecule has 0 atom stereocenters. The molecule has 0 unspecified atom stereocenters. The maximum absolute atomic E-state index is 6.02. The number of rotatable bonds is 3. The van der Waals surface area contributed by atoms with Gasteiger partial charge in [-0.2, -0.15) is 0 Å². The van der Waals surface area contributed by atoms with Gasteiger partial charge in [-0.25, -0.2) is 4.68 Å². The summed E-state index contributed by atoms with van der Waals surface area (Å²) in [5.74, 6) is 1.92. The summed E-state index contributed by atoms with van der Waals surface area (Å²) in [6.45, 7) is 4.44. The second-order valence-corrected chi connectivity index (χ2v) is 6.88. The highest BCUT2D eigenvalue weighted by molar-refractivity contribution is 6.30. The molecular weight excluding hydrogens is 320 g/mol. The number of benzene rings is 1. The molecule has 0 radical (unpaired) electrons. The zero-order valence-electron chi connectivity index (χ0n) is 13.8. The van der Waals surface area contributed by atoms with Crippen LogP contribution < -0.4 is 4.90 Å². The molecule has 0 amide bonds. The Bertz CT molecular complexity index is 832. The highest BCUT2D eigenvalue weighted by Crippen LogP contribution is 2.31. The van der Waals surface area contributed by atoms with Crippen LogP contribution in [-0.2, 0) is 0 Å². The number of hydrogen-bond acceptors (Lipinski definition) is 3. The molecule has 1 aliphatic rings. The van der Waals surface area contributed by atoms with Crippen molar-refractivity contribution in [1.82, 2.24) is 14.8 Å². The number of fused-ring (bicyclic) bond motifs is 1. The second kappa shape index (κ2) is 6.44. The molecule has 1 fully saturated rings. The Morgan fingerprint density at radius 3 is 2.58 bits per heavy atom. The molecule has 1 aliphatic heterocycles. The van der Waals surface area contributed by atoms with Crippen molar-refractivity contribution in [3.63, 3.8) is 0 Å². The SMILES string of the molecule is CCC1CCN(c2nn(-c3ccc(Cl)cc3)c3cnccc23)CC1. The van der Waals surface area contributed by atoms with Crippen LogP contribution >= 0.6 is 11.6 Å². The van der Waals surface area contributed by atoms with Crippen LogP contribution in [0.1, 0.15) is 26.2 Å². The first kappa shape index (κ1) is 15.5. The Hall–Kier alpha value is -2.07. The van der Waals surface area contributed by atoms with E-state index >= 15 is 0 Å². The lowest BCUT2D eigenvalue weighted by molar-refractivity contribution is 0.394. The van der Waals surface area contributed by atoms with Crippen molar-refractivity contribution in [2.75, 3.05) is 18.0 Å². The first-order chi connectivity index (χ1) is 11.8. The van der Waals surface area contributed by atoms with Crippen molar-refractivity contribution >= 4 is 28.3 Å². The smallest absolute Gasteiger partial charge is 0.159 e. The summed E-state index contributed by atoms with van der Waals surface area (Å²) in [5.41, 5.74) is 2.04. The topological polar surface area (TPSA) is 34.0 Å². The summed E-state index contributed by atoms with van der Waals surface area (Å²) in [4.78, 5) is 6.71. The minimum Gasteiger partial charge on any atom is -0.355 e. The van der Waals surface area contributed by atoms with Crippen molar-refractivity contribution in [2.45, 2.75) is 26.2 Å². The molecule has 5 heteroatoms. The molecule has 1 aromatic carbocycles. The van der Waals surface area contributed by atoms with Gasteiger partial charge in [0.25, 0.3) is 0 Å². The van der Waals surface area contributed by atoms with Gasteiger partial charge < -0.3 is 4.90 Å². The molecule has 4 rings (SSSR count). The van der Waals surface area contributed by atoms with Gasteiger partial charge in [0.05, 0.1) is 17.4 Å². The van der Waals surface area contributed by atoms with Gasteiger partial charge in [-0.1, -0.05) is 24.9 Å². The van der Waals surface area contributed by atoms with E-state index in [9.17, 15) is 0 Å². The standard InChI is InChI=1S/C19H21ClN4/c1-2-14-8-11-23(12-9-14)19-17-7-10-21-13-18(17)24(22-19)16-5-3-15(20)4-6-16/h3-7,10,13-14H,2,8-9,11-12H2,1H3. The maximum Gasteiger partial charge on any atom is 0.159 e. The molecule has 24 heavy (non-hydrogen) atoms. The number of aromatic nitrogens is 3. The molecule has 2 aromatic heterocycles. The van der Waals surface area contributed by atoms with E-state index in [1.165, 1.54) is 19.3 Å². The van der Waals surface area contributed by atoms with Gasteiger partial charge in [-0.05, 0) is 49.1 Å².